The van der Waals surface area contributed by atoms with Crippen molar-refractivity contribution < 1.29 is 0 Å². The van der Waals surface area contributed by atoms with Gasteiger partial charge in [0.1, 0.15) is 0 Å². The number of rotatable bonds is 6. The molecule has 1 aromatic carbocycles. The van der Waals surface area contributed by atoms with Crippen molar-refractivity contribution in [3.63, 3.8) is 0 Å². The number of aromatic nitrogens is 2. The number of nitrogen functional groups attached to an aromatic ring is 1. The number of benzene rings is 1. The van der Waals surface area contributed by atoms with Gasteiger partial charge >= 0.3 is 0 Å². The van der Waals surface area contributed by atoms with Crippen LogP contribution in [-0.4, -0.2) is 21.2 Å². The molecule has 0 spiro atoms. The molecule has 0 aliphatic heterocycles. The third-order valence-corrected chi connectivity index (χ3v) is 4.69. The van der Waals surface area contributed by atoms with E-state index < -0.39 is 0 Å². The molecule has 0 radical (unpaired) electrons. The highest BCUT2D eigenvalue weighted by atomic mass is 79.9. The molecule has 0 amide bonds. The van der Waals surface area contributed by atoms with Crippen molar-refractivity contribution in [2.45, 2.75) is 33.4 Å². The van der Waals surface area contributed by atoms with Gasteiger partial charge in [-0.25, -0.2) is 0 Å². The Labute approximate surface area is 135 Å². The average molecular weight is 351 g/mol. The summed E-state index contributed by atoms with van der Waals surface area (Å²) in [4.78, 5) is 2.37. The van der Waals surface area contributed by atoms with Gasteiger partial charge in [-0.05, 0) is 40.5 Å². The highest BCUT2D eigenvalue weighted by molar-refractivity contribution is 9.10. The Morgan fingerprint density at radius 3 is 2.52 bits per heavy atom. The molecule has 2 N–H and O–H groups in total. The van der Waals surface area contributed by atoms with Crippen LogP contribution in [0.2, 0.25) is 0 Å². The first kappa shape index (κ1) is 16.0. The lowest BCUT2D eigenvalue weighted by Crippen LogP contribution is -2.24. The molecule has 0 aliphatic rings. The Morgan fingerprint density at radius 1 is 1.24 bits per heavy atom. The molecule has 0 fully saturated rings. The summed E-state index contributed by atoms with van der Waals surface area (Å²) >= 11 is 3.69. The number of aryl methyl sites for hydroxylation is 2. The van der Waals surface area contributed by atoms with E-state index in [0.29, 0.717) is 0 Å². The van der Waals surface area contributed by atoms with E-state index in [1.165, 1.54) is 11.3 Å². The minimum Gasteiger partial charge on any atom is -0.398 e. The van der Waals surface area contributed by atoms with Gasteiger partial charge in [-0.15, -0.1) is 0 Å². The van der Waals surface area contributed by atoms with Gasteiger partial charge in [-0.1, -0.05) is 32.0 Å². The molecule has 2 rings (SSSR count). The molecule has 0 saturated heterocycles. The Balaban J connectivity index is 2.16. The first-order valence-corrected chi connectivity index (χ1v) is 8.12. The number of halogens is 1. The summed E-state index contributed by atoms with van der Waals surface area (Å²) in [6, 6.07) is 8.06. The second kappa shape index (κ2) is 7.09. The molecule has 5 heteroatoms. The normalized spacial score (nSPS) is 11.3. The van der Waals surface area contributed by atoms with Crippen LogP contribution in [0, 0.1) is 0 Å². The molecule has 0 atom stereocenters. The third-order valence-electron chi connectivity index (χ3n) is 3.77. The topological polar surface area (TPSA) is 47.1 Å². The Bertz CT molecular complexity index is 606. The van der Waals surface area contributed by atoms with E-state index in [1.54, 1.807) is 0 Å². The predicted molar refractivity (Wildman–Crippen MR) is 90.9 cm³/mol. The number of nitrogens with zero attached hydrogens (tertiary/aromatic N) is 3. The maximum Gasteiger partial charge on any atom is 0.0767 e. The fourth-order valence-electron chi connectivity index (χ4n) is 2.40. The smallest absolute Gasteiger partial charge is 0.0767 e. The Hall–Kier alpha value is -1.33. The standard InChI is InChI=1S/C16H23BrN4/c1-4-14-16(17)15(20(3)19-14)11-21(5-2)10-12-8-6-7-9-13(12)18/h6-9H,4-5,10-11,18H2,1-3H3. The number of nitrogens with two attached hydrogens (primary N) is 1. The van der Waals surface area contributed by atoms with E-state index >= 15 is 0 Å². The van der Waals surface area contributed by atoms with Crippen molar-refractivity contribution in [2.24, 2.45) is 7.05 Å². The van der Waals surface area contributed by atoms with Gasteiger partial charge in [0.2, 0.25) is 0 Å². The maximum atomic E-state index is 6.05. The fraction of sp³-hybridized carbons (Fsp3) is 0.438. The molecule has 21 heavy (non-hydrogen) atoms. The van der Waals surface area contributed by atoms with Gasteiger partial charge in [-0.2, -0.15) is 5.10 Å². The third kappa shape index (κ3) is 3.66. The van der Waals surface area contributed by atoms with Crippen LogP contribution < -0.4 is 5.73 Å². The van der Waals surface area contributed by atoms with Crippen LogP contribution in [0.1, 0.15) is 30.8 Å². The SMILES string of the molecule is CCc1nn(C)c(CN(CC)Cc2ccccc2N)c1Br. The minimum atomic E-state index is 0.849. The summed E-state index contributed by atoms with van der Waals surface area (Å²) in [7, 11) is 2.00. The average Bonchev–Trinajstić information content (AvgIpc) is 2.75. The second-order valence-corrected chi connectivity index (χ2v) is 5.98. The van der Waals surface area contributed by atoms with Crippen LogP contribution >= 0.6 is 15.9 Å². The quantitative estimate of drug-likeness (QED) is 0.812. The van der Waals surface area contributed by atoms with E-state index in [4.69, 9.17) is 5.73 Å². The highest BCUT2D eigenvalue weighted by Crippen LogP contribution is 2.24. The zero-order valence-corrected chi connectivity index (χ0v) is 14.5. The first-order chi connectivity index (χ1) is 10.1. The summed E-state index contributed by atoms with van der Waals surface area (Å²) in [6.45, 7) is 6.97. The summed E-state index contributed by atoms with van der Waals surface area (Å²) in [5.41, 5.74) is 10.4. The van der Waals surface area contributed by atoms with Crippen LogP contribution in [0.3, 0.4) is 0 Å². The van der Waals surface area contributed by atoms with E-state index in [1.807, 2.05) is 29.9 Å². The van der Waals surface area contributed by atoms with Gasteiger partial charge in [0.25, 0.3) is 0 Å². The molecule has 0 aliphatic carbocycles. The molecule has 1 heterocycles. The lowest BCUT2D eigenvalue weighted by Gasteiger charge is -2.21. The van der Waals surface area contributed by atoms with E-state index in [0.717, 1.165) is 41.9 Å². The largest absolute Gasteiger partial charge is 0.398 e. The lowest BCUT2D eigenvalue weighted by molar-refractivity contribution is 0.264. The lowest BCUT2D eigenvalue weighted by atomic mass is 10.1. The molecule has 0 unspecified atom stereocenters. The molecule has 0 saturated carbocycles. The number of hydrogen-bond acceptors (Lipinski definition) is 3. The van der Waals surface area contributed by atoms with E-state index in [2.05, 4.69) is 45.8 Å². The Morgan fingerprint density at radius 2 is 1.95 bits per heavy atom. The minimum absolute atomic E-state index is 0.849. The number of hydrogen-bond donors (Lipinski definition) is 1. The summed E-state index contributed by atoms with van der Waals surface area (Å²) in [5, 5.41) is 4.56. The summed E-state index contributed by atoms with van der Waals surface area (Å²) in [5.74, 6) is 0. The molecular weight excluding hydrogens is 328 g/mol. The van der Waals surface area contributed by atoms with Crippen LogP contribution in [0.5, 0.6) is 0 Å². The number of para-hydroxylation sites is 1. The van der Waals surface area contributed by atoms with Gasteiger partial charge in [0, 0.05) is 25.8 Å². The molecule has 114 valence electrons. The maximum absolute atomic E-state index is 6.05. The van der Waals surface area contributed by atoms with Crippen LogP contribution in [0.15, 0.2) is 28.7 Å². The predicted octanol–water partition coefficient (Wildman–Crippen LogP) is 3.35. The van der Waals surface area contributed by atoms with Gasteiger partial charge in [-0.3, -0.25) is 9.58 Å². The molecule has 1 aromatic heterocycles. The van der Waals surface area contributed by atoms with E-state index in [9.17, 15) is 0 Å². The number of anilines is 1. The molecular formula is C16H23BrN4. The monoisotopic (exact) mass is 350 g/mol. The van der Waals surface area contributed by atoms with Crippen LogP contribution in [-0.2, 0) is 26.6 Å². The summed E-state index contributed by atoms with van der Waals surface area (Å²) < 4.78 is 3.10. The van der Waals surface area contributed by atoms with Crippen molar-refractivity contribution in [1.82, 2.24) is 14.7 Å². The van der Waals surface area contributed by atoms with Crippen molar-refractivity contribution in [1.29, 1.82) is 0 Å². The Kier molecular flexibility index (Phi) is 5.42. The second-order valence-electron chi connectivity index (χ2n) is 5.19. The molecule has 2 aromatic rings. The van der Waals surface area contributed by atoms with Gasteiger partial charge < -0.3 is 5.73 Å². The van der Waals surface area contributed by atoms with Crippen molar-refractivity contribution in [3.05, 3.63) is 45.7 Å². The first-order valence-electron chi connectivity index (χ1n) is 7.32. The molecule has 4 nitrogen and oxygen atoms in total. The van der Waals surface area contributed by atoms with Crippen molar-refractivity contribution in [2.75, 3.05) is 12.3 Å². The van der Waals surface area contributed by atoms with Crippen LogP contribution in [0.4, 0.5) is 5.69 Å². The zero-order chi connectivity index (χ0) is 15.4. The summed E-state index contributed by atoms with van der Waals surface area (Å²) in [6.07, 6.45) is 0.937. The van der Waals surface area contributed by atoms with Crippen molar-refractivity contribution >= 4 is 21.6 Å². The van der Waals surface area contributed by atoms with Crippen LogP contribution in [0.25, 0.3) is 0 Å². The highest BCUT2D eigenvalue weighted by Gasteiger charge is 2.16. The van der Waals surface area contributed by atoms with Crippen molar-refractivity contribution in [3.8, 4) is 0 Å². The van der Waals surface area contributed by atoms with Gasteiger partial charge in [0.05, 0.1) is 15.9 Å². The fourth-order valence-corrected chi connectivity index (χ4v) is 3.14. The van der Waals surface area contributed by atoms with Gasteiger partial charge in [0.15, 0.2) is 0 Å². The van der Waals surface area contributed by atoms with E-state index in [-0.39, 0.29) is 0 Å². The molecule has 0 bridgehead atoms. The zero-order valence-electron chi connectivity index (χ0n) is 12.9.